The summed E-state index contributed by atoms with van der Waals surface area (Å²) < 4.78 is 160. The molecule has 2 atom stereocenters. The van der Waals surface area contributed by atoms with Crippen LogP contribution in [0.5, 0.6) is 5.75 Å². The zero-order valence-corrected chi connectivity index (χ0v) is 22.1. The Hall–Kier alpha value is -4.88. The van der Waals surface area contributed by atoms with E-state index in [1.54, 1.807) is 0 Å². The lowest BCUT2D eigenvalue weighted by Crippen LogP contribution is -2.45. The fourth-order valence-corrected chi connectivity index (χ4v) is 3.05. The van der Waals surface area contributed by atoms with Gasteiger partial charge in [0.25, 0.3) is 18.4 Å². The van der Waals surface area contributed by atoms with Gasteiger partial charge in [0.1, 0.15) is 5.75 Å². The predicted molar refractivity (Wildman–Crippen MR) is 130 cm³/mol. The Kier molecular flexibility index (Phi) is 10.5. The third-order valence-corrected chi connectivity index (χ3v) is 5.29. The first-order chi connectivity index (χ1) is 21.2. The lowest BCUT2D eigenvalue weighted by Gasteiger charge is -2.23. The fourth-order valence-electron chi connectivity index (χ4n) is 3.05. The number of rotatable bonds is 11. The lowest BCUT2D eigenvalue weighted by atomic mass is 10.1. The summed E-state index contributed by atoms with van der Waals surface area (Å²) in [6.45, 7) is 0. The van der Waals surface area contributed by atoms with Gasteiger partial charge in [-0.1, -0.05) is 0 Å². The molecular formula is C26H15F12N3O5. The number of hydrogen-bond donors (Lipinski definition) is 1. The van der Waals surface area contributed by atoms with Gasteiger partial charge in [-0.3, -0.25) is 9.53 Å². The van der Waals surface area contributed by atoms with Crippen LogP contribution >= 0.6 is 0 Å². The summed E-state index contributed by atoms with van der Waals surface area (Å²) in [5.41, 5.74) is 0.612. The Bertz CT molecular complexity index is 1530. The molecule has 0 aliphatic carbocycles. The van der Waals surface area contributed by atoms with Crippen molar-refractivity contribution >= 4 is 23.3 Å². The van der Waals surface area contributed by atoms with Gasteiger partial charge < -0.3 is 9.57 Å². The molecule has 0 saturated carbocycles. The minimum atomic E-state index is -5.88. The van der Waals surface area contributed by atoms with Crippen LogP contribution < -0.4 is 10.2 Å². The topological polar surface area (TPSA) is 98.6 Å². The number of ether oxygens (including phenoxy) is 2. The van der Waals surface area contributed by atoms with Crippen molar-refractivity contribution in [3.8, 4) is 5.75 Å². The molecule has 20 heteroatoms. The van der Waals surface area contributed by atoms with Crippen molar-refractivity contribution in [1.29, 1.82) is 0 Å². The molecule has 0 radical (unpaired) electrons. The van der Waals surface area contributed by atoms with E-state index in [1.807, 2.05) is 0 Å². The van der Waals surface area contributed by atoms with Gasteiger partial charge in [0.15, 0.2) is 0 Å². The maximum absolute atomic E-state index is 13.8. The van der Waals surface area contributed by atoms with Crippen LogP contribution in [-0.2, 0) is 15.7 Å². The molecular weight excluding hydrogens is 662 g/mol. The van der Waals surface area contributed by atoms with Crippen molar-refractivity contribution in [1.82, 2.24) is 0 Å². The summed E-state index contributed by atoms with van der Waals surface area (Å²) in [6.07, 6.45) is -30.3. The van der Waals surface area contributed by atoms with E-state index in [9.17, 15) is 62.3 Å². The number of hydrogen-bond acceptors (Lipinski definition) is 7. The number of carbonyl (C=O) groups excluding carboxylic acids is 2. The molecule has 0 saturated heterocycles. The molecule has 0 aromatic heterocycles. The Balaban J connectivity index is 1.53. The number of alkyl halides is 12. The van der Waals surface area contributed by atoms with Crippen molar-refractivity contribution in [2.75, 3.05) is 5.48 Å². The quantitative estimate of drug-likeness (QED) is 0.124. The smallest absolute Gasteiger partial charge is 0.430 e. The number of halogens is 12. The van der Waals surface area contributed by atoms with Crippen LogP contribution in [0.15, 0.2) is 83.0 Å². The molecule has 1 N–H and O–H groups in total. The first-order valence-corrected chi connectivity index (χ1v) is 12.0. The maximum atomic E-state index is 13.8. The molecule has 3 rings (SSSR count). The van der Waals surface area contributed by atoms with E-state index in [-0.39, 0.29) is 22.5 Å². The maximum Gasteiger partial charge on any atom is 0.445 e. The minimum absolute atomic E-state index is 0.0522. The van der Waals surface area contributed by atoms with Crippen LogP contribution in [0.3, 0.4) is 0 Å². The molecule has 2 unspecified atom stereocenters. The summed E-state index contributed by atoms with van der Waals surface area (Å²) in [4.78, 5) is 29.1. The molecule has 0 bridgehead atoms. The number of benzene rings is 3. The molecule has 0 aliphatic heterocycles. The van der Waals surface area contributed by atoms with Crippen molar-refractivity contribution in [2.45, 2.75) is 37.1 Å². The third kappa shape index (κ3) is 9.56. The van der Waals surface area contributed by atoms with Crippen LogP contribution in [0.25, 0.3) is 0 Å². The summed E-state index contributed by atoms with van der Waals surface area (Å²) >= 11 is 0. The van der Waals surface area contributed by atoms with Crippen LogP contribution in [0.4, 0.5) is 64.1 Å². The lowest BCUT2D eigenvalue weighted by molar-refractivity contribution is -0.364. The number of anilines is 1. The van der Waals surface area contributed by atoms with Crippen LogP contribution in [-0.4, -0.2) is 42.9 Å². The highest BCUT2D eigenvalue weighted by Gasteiger charge is 2.59. The second-order valence-corrected chi connectivity index (χ2v) is 8.71. The van der Waals surface area contributed by atoms with Crippen molar-refractivity contribution in [3.63, 3.8) is 0 Å². The predicted octanol–water partition coefficient (Wildman–Crippen LogP) is 8.59. The molecule has 0 spiro atoms. The van der Waals surface area contributed by atoms with Gasteiger partial charge in [-0.2, -0.15) is 43.9 Å². The van der Waals surface area contributed by atoms with Crippen molar-refractivity contribution < 1.29 is 76.6 Å². The normalized spacial score (nSPS) is 14.1. The van der Waals surface area contributed by atoms with Crippen molar-refractivity contribution in [2.24, 2.45) is 10.2 Å². The highest BCUT2D eigenvalue weighted by Crippen LogP contribution is 2.37. The standard InChI is InChI=1S/C26H15F12N3O5/c27-21(23(29,30)31)26(37,38)44-18-11-3-14(4-12-18)20(43)46-41-17-9-7-16(8-10-17)39-40-19(42)13-1-5-15(6-2-13)25(35,36)45-22(28)24(32,33)34/h1-12,21-22,41H. The number of nitrogens with one attached hydrogen (secondary N) is 1. The molecule has 3 aromatic carbocycles. The number of carbonyl (C=O) groups is 2. The van der Waals surface area contributed by atoms with Crippen LogP contribution in [0.1, 0.15) is 26.3 Å². The summed E-state index contributed by atoms with van der Waals surface area (Å²) in [5.74, 6) is -3.03. The molecule has 1 amide bonds. The molecule has 46 heavy (non-hydrogen) atoms. The second kappa shape index (κ2) is 13.6. The molecule has 8 nitrogen and oxygen atoms in total. The van der Waals surface area contributed by atoms with E-state index in [2.05, 4.69) is 25.2 Å². The van der Waals surface area contributed by atoms with Gasteiger partial charge in [0, 0.05) is 5.56 Å². The Labute approximate surface area is 248 Å². The van der Waals surface area contributed by atoms with Gasteiger partial charge in [-0.15, -0.1) is 10.2 Å². The average Bonchev–Trinajstić information content (AvgIpc) is 2.98. The van der Waals surface area contributed by atoms with E-state index < -0.39 is 60.3 Å². The molecule has 3 aromatic rings. The summed E-state index contributed by atoms with van der Waals surface area (Å²) in [6, 6.07) is 10.7. The average molecular weight is 677 g/mol. The van der Waals surface area contributed by atoms with E-state index >= 15 is 0 Å². The van der Waals surface area contributed by atoms with E-state index in [0.717, 1.165) is 24.3 Å². The molecule has 0 heterocycles. The van der Waals surface area contributed by atoms with Gasteiger partial charge in [-0.25, -0.2) is 19.1 Å². The summed E-state index contributed by atoms with van der Waals surface area (Å²) in [5, 5.41) is 6.95. The molecule has 0 aliphatic rings. The zero-order chi connectivity index (χ0) is 34.5. The Morgan fingerprint density at radius 1 is 0.696 bits per heavy atom. The van der Waals surface area contributed by atoms with E-state index in [4.69, 9.17) is 4.84 Å². The van der Waals surface area contributed by atoms with E-state index in [1.165, 1.54) is 24.3 Å². The number of nitrogens with zero attached hydrogens (tertiary/aromatic N) is 2. The molecule has 0 fully saturated rings. The van der Waals surface area contributed by atoms with Gasteiger partial charge in [0.05, 0.1) is 22.5 Å². The summed E-state index contributed by atoms with van der Waals surface area (Å²) in [7, 11) is 0. The Morgan fingerprint density at radius 2 is 1.24 bits per heavy atom. The monoisotopic (exact) mass is 677 g/mol. The van der Waals surface area contributed by atoms with Crippen molar-refractivity contribution in [3.05, 3.63) is 89.5 Å². The van der Waals surface area contributed by atoms with Gasteiger partial charge in [-0.05, 0) is 72.8 Å². The third-order valence-electron chi connectivity index (χ3n) is 5.29. The molecule has 248 valence electrons. The second-order valence-electron chi connectivity index (χ2n) is 8.71. The SMILES string of the molecule is O=C(N=Nc1ccc(NOC(=O)c2ccc(OC(F)(F)C(F)C(F)(F)F)cc2)cc1)c1ccc(C(F)(F)OC(F)C(F)(F)F)cc1. The van der Waals surface area contributed by atoms with E-state index in [0.29, 0.717) is 24.3 Å². The zero-order valence-electron chi connectivity index (χ0n) is 22.1. The van der Waals surface area contributed by atoms with Gasteiger partial charge in [0.2, 0.25) is 0 Å². The fraction of sp³-hybridized carbons (Fsp3) is 0.231. The van der Waals surface area contributed by atoms with Gasteiger partial charge >= 0.3 is 30.5 Å². The Morgan fingerprint density at radius 3 is 1.76 bits per heavy atom. The number of amides is 1. The minimum Gasteiger partial charge on any atom is -0.430 e. The first-order valence-electron chi connectivity index (χ1n) is 12.0. The highest BCUT2D eigenvalue weighted by molar-refractivity contribution is 5.94. The largest absolute Gasteiger partial charge is 0.445 e. The number of azo groups is 1. The van der Waals surface area contributed by atoms with Crippen LogP contribution in [0, 0.1) is 0 Å². The highest BCUT2D eigenvalue weighted by atomic mass is 19.4. The van der Waals surface area contributed by atoms with Crippen LogP contribution in [0.2, 0.25) is 0 Å². The first kappa shape index (κ1) is 35.6.